The van der Waals surface area contributed by atoms with Gasteiger partial charge in [0.05, 0.1) is 23.9 Å². The number of nitrogens with zero attached hydrogens (tertiary/aromatic N) is 3. The molecule has 0 atom stereocenters. The van der Waals surface area contributed by atoms with E-state index in [2.05, 4.69) is 53.2 Å². The average Bonchev–Trinajstić information content (AvgIpc) is 2.89. The van der Waals surface area contributed by atoms with Crippen LogP contribution in [0.5, 0.6) is 0 Å². The number of aliphatic imine (C=N–C) groups is 1. The lowest BCUT2D eigenvalue weighted by Gasteiger charge is -2.41. The van der Waals surface area contributed by atoms with E-state index in [9.17, 15) is 0 Å². The van der Waals surface area contributed by atoms with Gasteiger partial charge in [0.15, 0.2) is 5.96 Å². The summed E-state index contributed by atoms with van der Waals surface area (Å²) in [5, 5.41) is 8.02. The van der Waals surface area contributed by atoms with Crippen LogP contribution in [0.25, 0.3) is 0 Å². The van der Waals surface area contributed by atoms with Gasteiger partial charge in [0.2, 0.25) is 0 Å². The molecule has 0 saturated carbocycles. The third kappa shape index (κ3) is 5.43. The normalized spacial score (nSPS) is 17.1. The average molecular weight is 354 g/mol. The van der Waals surface area contributed by atoms with E-state index < -0.39 is 0 Å². The fourth-order valence-corrected chi connectivity index (χ4v) is 3.67. The number of guanidine groups is 1. The number of nitrogens with one attached hydrogen (secondary N) is 2. The molecule has 2 heterocycles. The lowest BCUT2D eigenvalue weighted by Crippen LogP contribution is -2.56. The first-order chi connectivity index (χ1) is 11.4. The predicted octanol–water partition coefficient (Wildman–Crippen LogP) is 1.58. The van der Waals surface area contributed by atoms with Crippen LogP contribution in [0.2, 0.25) is 0 Å². The van der Waals surface area contributed by atoms with Crippen LogP contribution < -0.4 is 10.6 Å². The molecule has 24 heavy (non-hydrogen) atoms. The summed E-state index contributed by atoms with van der Waals surface area (Å²) in [6.07, 6.45) is 0.924. The van der Waals surface area contributed by atoms with Gasteiger partial charge in [-0.05, 0) is 27.7 Å². The van der Waals surface area contributed by atoms with Crippen molar-refractivity contribution in [3.8, 4) is 0 Å². The van der Waals surface area contributed by atoms with Crippen molar-refractivity contribution in [3.63, 3.8) is 0 Å². The Bertz CT molecular complexity index is 530. The fraction of sp³-hybridized carbons (Fsp3) is 0.765. The summed E-state index contributed by atoms with van der Waals surface area (Å²) in [5.41, 5.74) is 1.22. The van der Waals surface area contributed by atoms with Crippen LogP contribution in [0, 0.1) is 13.8 Å². The first-order valence-corrected chi connectivity index (χ1v) is 9.44. The first kappa shape index (κ1) is 19.1. The van der Waals surface area contributed by atoms with Gasteiger partial charge in [0.25, 0.3) is 0 Å². The first-order valence-electron chi connectivity index (χ1n) is 8.62. The molecule has 136 valence electrons. The van der Waals surface area contributed by atoms with Crippen molar-refractivity contribution in [1.82, 2.24) is 20.5 Å². The second kappa shape index (κ2) is 8.78. The Hall–Kier alpha value is -1.18. The Morgan fingerprint density at radius 2 is 2.00 bits per heavy atom. The molecule has 1 aromatic heterocycles. The molecule has 0 unspecified atom stereocenters. The zero-order valence-electron chi connectivity index (χ0n) is 15.6. The van der Waals surface area contributed by atoms with Gasteiger partial charge >= 0.3 is 0 Å². The van der Waals surface area contributed by atoms with Gasteiger partial charge in [0, 0.05) is 50.1 Å². The number of aryl methyl sites for hydroxylation is 2. The number of hydrogen-bond donors (Lipinski definition) is 2. The van der Waals surface area contributed by atoms with Gasteiger partial charge in [-0.15, -0.1) is 11.3 Å². The zero-order chi connectivity index (χ0) is 17.6. The van der Waals surface area contributed by atoms with Gasteiger partial charge in [-0.3, -0.25) is 9.89 Å². The lowest BCUT2D eigenvalue weighted by atomic mass is 10.0. The largest absolute Gasteiger partial charge is 0.379 e. The lowest BCUT2D eigenvalue weighted by molar-refractivity contribution is -0.00833. The number of morpholine rings is 1. The highest BCUT2D eigenvalue weighted by molar-refractivity contribution is 7.11. The Kier molecular flexibility index (Phi) is 7.01. The minimum Gasteiger partial charge on any atom is -0.379 e. The zero-order valence-corrected chi connectivity index (χ0v) is 16.4. The Labute approximate surface area is 149 Å². The van der Waals surface area contributed by atoms with E-state index in [4.69, 9.17) is 4.74 Å². The molecular formula is C17H31N5OS. The van der Waals surface area contributed by atoms with E-state index in [1.54, 1.807) is 11.3 Å². The molecule has 1 saturated heterocycles. The number of ether oxygens (including phenoxy) is 1. The predicted molar refractivity (Wildman–Crippen MR) is 101 cm³/mol. The fourth-order valence-electron chi connectivity index (χ4n) is 2.74. The van der Waals surface area contributed by atoms with E-state index in [1.807, 2.05) is 7.05 Å². The maximum absolute atomic E-state index is 5.44. The van der Waals surface area contributed by atoms with Crippen LogP contribution in [-0.4, -0.2) is 67.8 Å². The molecule has 1 aromatic rings. The second-order valence-electron chi connectivity index (χ2n) is 6.76. The van der Waals surface area contributed by atoms with Crippen molar-refractivity contribution in [2.24, 2.45) is 4.99 Å². The molecule has 0 bridgehead atoms. The topological polar surface area (TPSA) is 61.8 Å². The highest BCUT2D eigenvalue weighted by Crippen LogP contribution is 2.16. The molecule has 0 aliphatic carbocycles. The molecule has 0 aromatic carbocycles. The number of thiazole rings is 1. The Morgan fingerprint density at radius 3 is 2.58 bits per heavy atom. The smallest absolute Gasteiger partial charge is 0.191 e. The van der Waals surface area contributed by atoms with Gasteiger partial charge < -0.3 is 15.4 Å². The molecule has 1 fully saturated rings. The molecule has 1 aliphatic heterocycles. The van der Waals surface area contributed by atoms with Crippen molar-refractivity contribution in [2.45, 2.75) is 39.7 Å². The maximum Gasteiger partial charge on any atom is 0.191 e. The minimum absolute atomic E-state index is 0.0743. The number of rotatable bonds is 6. The van der Waals surface area contributed by atoms with Crippen molar-refractivity contribution in [1.29, 1.82) is 0 Å². The third-order valence-electron chi connectivity index (χ3n) is 4.48. The SMILES string of the molecule is CN=C(NCCc1nc(C)c(C)s1)NCC(C)(C)N1CCOCC1. The summed E-state index contributed by atoms with van der Waals surface area (Å²) in [5.74, 6) is 0.848. The molecule has 2 rings (SSSR count). The number of aromatic nitrogens is 1. The van der Waals surface area contributed by atoms with Crippen LogP contribution in [0.3, 0.4) is 0 Å². The van der Waals surface area contributed by atoms with Crippen LogP contribution in [0.4, 0.5) is 0 Å². The molecule has 7 heteroatoms. The molecule has 0 spiro atoms. The Morgan fingerprint density at radius 1 is 1.29 bits per heavy atom. The van der Waals surface area contributed by atoms with Crippen molar-refractivity contribution in [3.05, 3.63) is 15.6 Å². The van der Waals surface area contributed by atoms with E-state index in [1.165, 1.54) is 9.88 Å². The minimum atomic E-state index is 0.0743. The molecule has 2 N–H and O–H groups in total. The molecule has 0 radical (unpaired) electrons. The van der Waals surface area contributed by atoms with Crippen LogP contribution >= 0.6 is 11.3 Å². The summed E-state index contributed by atoms with van der Waals surface area (Å²) in [6, 6.07) is 0. The van der Waals surface area contributed by atoms with E-state index in [0.717, 1.165) is 57.5 Å². The molecular weight excluding hydrogens is 322 g/mol. The third-order valence-corrected chi connectivity index (χ3v) is 5.62. The van der Waals surface area contributed by atoms with Crippen molar-refractivity contribution < 1.29 is 4.74 Å². The monoisotopic (exact) mass is 353 g/mol. The molecule has 0 amide bonds. The summed E-state index contributed by atoms with van der Waals surface area (Å²) in [7, 11) is 1.81. The van der Waals surface area contributed by atoms with Gasteiger partial charge in [-0.1, -0.05) is 0 Å². The maximum atomic E-state index is 5.44. The molecule has 1 aliphatic rings. The summed E-state index contributed by atoms with van der Waals surface area (Å²) in [4.78, 5) is 12.7. The second-order valence-corrected chi connectivity index (χ2v) is 8.05. The number of hydrogen-bond acceptors (Lipinski definition) is 5. The van der Waals surface area contributed by atoms with Crippen molar-refractivity contribution in [2.75, 3.05) is 46.4 Å². The van der Waals surface area contributed by atoms with Crippen LogP contribution in [0.15, 0.2) is 4.99 Å². The van der Waals surface area contributed by atoms with Gasteiger partial charge in [-0.25, -0.2) is 4.98 Å². The van der Waals surface area contributed by atoms with Crippen LogP contribution in [0.1, 0.15) is 29.4 Å². The quantitative estimate of drug-likeness (QED) is 0.601. The van der Waals surface area contributed by atoms with Gasteiger partial charge in [0.1, 0.15) is 0 Å². The highest BCUT2D eigenvalue weighted by Gasteiger charge is 2.28. The van der Waals surface area contributed by atoms with E-state index >= 15 is 0 Å². The standard InChI is InChI=1S/C17H31N5OS/c1-13-14(2)24-15(21-13)6-7-19-16(18-5)20-12-17(3,4)22-8-10-23-11-9-22/h6-12H2,1-5H3,(H2,18,19,20). The Balaban J connectivity index is 1.75. The van der Waals surface area contributed by atoms with E-state index in [0.29, 0.717) is 0 Å². The summed E-state index contributed by atoms with van der Waals surface area (Å²) < 4.78 is 5.44. The van der Waals surface area contributed by atoms with Gasteiger partial charge in [-0.2, -0.15) is 0 Å². The van der Waals surface area contributed by atoms with Crippen molar-refractivity contribution >= 4 is 17.3 Å². The summed E-state index contributed by atoms with van der Waals surface area (Å²) in [6.45, 7) is 14.0. The summed E-state index contributed by atoms with van der Waals surface area (Å²) >= 11 is 1.78. The van der Waals surface area contributed by atoms with Crippen LogP contribution in [-0.2, 0) is 11.2 Å². The molecule has 6 nitrogen and oxygen atoms in total. The highest BCUT2D eigenvalue weighted by atomic mass is 32.1. The van der Waals surface area contributed by atoms with E-state index in [-0.39, 0.29) is 5.54 Å².